The highest BCUT2D eigenvalue weighted by Crippen LogP contribution is 2.26. The number of hydrogen-bond acceptors (Lipinski definition) is 6. The molecule has 1 amide bonds. The van der Waals surface area contributed by atoms with Crippen LogP contribution in [0.1, 0.15) is 31.7 Å². The first-order chi connectivity index (χ1) is 12.7. The summed E-state index contributed by atoms with van der Waals surface area (Å²) in [5, 5.41) is 6.12. The second-order valence-corrected chi connectivity index (χ2v) is 6.38. The number of anilines is 3. The molecular formula is C19H25N5O2. The van der Waals surface area contributed by atoms with Crippen molar-refractivity contribution in [1.82, 2.24) is 9.97 Å². The van der Waals surface area contributed by atoms with Crippen LogP contribution in [0.15, 0.2) is 30.6 Å². The van der Waals surface area contributed by atoms with E-state index in [2.05, 4.69) is 25.5 Å². The van der Waals surface area contributed by atoms with Gasteiger partial charge in [0.2, 0.25) is 5.91 Å². The molecule has 0 spiro atoms. The van der Waals surface area contributed by atoms with Crippen molar-refractivity contribution < 1.29 is 9.53 Å². The summed E-state index contributed by atoms with van der Waals surface area (Å²) in [7, 11) is 1.58. The Labute approximate surface area is 153 Å². The highest BCUT2D eigenvalue weighted by atomic mass is 16.5. The maximum Gasteiger partial charge on any atom is 0.221 e. The van der Waals surface area contributed by atoms with Crippen molar-refractivity contribution in [2.45, 2.75) is 32.7 Å². The quantitative estimate of drug-likeness (QED) is 0.829. The van der Waals surface area contributed by atoms with Crippen molar-refractivity contribution in [3.05, 3.63) is 36.2 Å². The molecule has 1 fully saturated rings. The summed E-state index contributed by atoms with van der Waals surface area (Å²) < 4.78 is 5.29. The van der Waals surface area contributed by atoms with E-state index in [1.165, 1.54) is 26.2 Å². The van der Waals surface area contributed by atoms with Crippen LogP contribution in [0.25, 0.3) is 0 Å². The van der Waals surface area contributed by atoms with Gasteiger partial charge in [0.25, 0.3) is 0 Å². The van der Waals surface area contributed by atoms with Gasteiger partial charge >= 0.3 is 0 Å². The molecule has 3 rings (SSSR count). The number of carbonyl (C=O) groups is 1. The molecule has 2 N–H and O–H groups in total. The molecule has 7 heteroatoms. The topological polar surface area (TPSA) is 79.4 Å². The first kappa shape index (κ1) is 18.0. The van der Waals surface area contributed by atoms with E-state index in [9.17, 15) is 4.79 Å². The molecule has 26 heavy (non-hydrogen) atoms. The molecule has 1 aromatic heterocycles. The van der Waals surface area contributed by atoms with Gasteiger partial charge in [0.1, 0.15) is 23.7 Å². The molecule has 1 aliphatic heterocycles. The van der Waals surface area contributed by atoms with Gasteiger partial charge in [0.05, 0.1) is 12.8 Å². The molecule has 0 unspecified atom stereocenters. The predicted molar refractivity (Wildman–Crippen MR) is 103 cm³/mol. The van der Waals surface area contributed by atoms with Gasteiger partial charge in [-0.05, 0) is 37.0 Å². The van der Waals surface area contributed by atoms with Gasteiger partial charge < -0.3 is 20.3 Å². The minimum absolute atomic E-state index is 0.129. The zero-order valence-electron chi connectivity index (χ0n) is 15.3. The summed E-state index contributed by atoms with van der Waals surface area (Å²) in [6.07, 6.45) is 5.32. The average molecular weight is 355 g/mol. The van der Waals surface area contributed by atoms with E-state index >= 15 is 0 Å². The van der Waals surface area contributed by atoms with Crippen LogP contribution >= 0.6 is 0 Å². The number of piperidine rings is 1. The van der Waals surface area contributed by atoms with E-state index in [0.29, 0.717) is 18.0 Å². The summed E-state index contributed by atoms with van der Waals surface area (Å²) in [4.78, 5) is 22.4. The number of nitrogens with one attached hydrogen (secondary N) is 2. The van der Waals surface area contributed by atoms with Gasteiger partial charge in [-0.1, -0.05) is 6.07 Å². The van der Waals surface area contributed by atoms with Crippen LogP contribution in [0.5, 0.6) is 5.75 Å². The molecule has 1 saturated heterocycles. The lowest BCUT2D eigenvalue weighted by Crippen LogP contribution is -2.30. The van der Waals surface area contributed by atoms with Crippen LogP contribution in [0, 0.1) is 0 Å². The first-order valence-electron chi connectivity index (χ1n) is 8.91. The van der Waals surface area contributed by atoms with Crippen molar-refractivity contribution in [2.24, 2.45) is 0 Å². The fourth-order valence-electron chi connectivity index (χ4n) is 3.08. The SMILES string of the molecule is COc1ccc(CNc2cc(N3CCCCC3)ncn2)cc1NC(C)=O. The number of aromatic nitrogens is 2. The van der Waals surface area contributed by atoms with Crippen molar-refractivity contribution in [1.29, 1.82) is 0 Å². The maximum atomic E-state index is 11.4. The minimum Gasteiger partial charge on any atom is -0.495 e. The lowest BCUT2D eigenvalue weighted by molar-refractivity contribution is -0.114. The zero-order chi connectivity index (χ0) is 18.4. The van der Waals surface area contributed by atoms with Gasteiger partial charge in [0.15, 0.2) is 0 Å². The van der Waals surface area contributed by atoms with E-state index in [1.807, 2.05) is 24.3 Å². The van der Waals surface area contributed by atoms with Crippen LogP contribution in [-0.4, -0.2) is 36.1 Å². The molecule has 0 aliphatic carbocycles. The highest BCUT2D eigenvalue weighted by Gasteiger charge is 2.13. The van der Waals surface area contributed by atoms with Gasteiger partial charge in [-0.3, -0.25) is 4.79 Å². The van der Waals surface area contributed by atoms with Crippen molar-refractivity contribution >= 4 is 23.2 Å². The van der Waals surface area contributed by atoms with Gasteiger partial charge in [-0.15, -0.1) is 0 Å². The number of benzene rings is 1. The second kappa shape index (κ2) is 8.51. The van der Waals surface area contributed by atoms with Gasteiger partial charge in [0, 0.05) is 32.6 Å². The largest absolute Gasteiger partial charge is 0.495 e. The zero-order valence-corrected chi connectivity index (χ0v) is 15.3. The predicted octanol–water partition coefficient (Wildman–Crippen LogP) is 3.05. The third kappa shape index (κ3) is 4.62. The average Bonchev–Trinajstić information content (AvgIpc) is 2.67. The Morgan fingerprint density at radius 2 is 2.00 bits per heavy atom. The van der Waals surface area contributed by atoms with Crippen LogP contribution in [-0.2, 0) is 11.3 Å². The first-order valence-corrected chi connectivity index (χ1v) is 8.91. The Morgan fingerprint density at radius 1 is 1.19 bits per heavy atom. The molecular weight excluding hydrogens is 330 g/mol. The molecule has 138 valence electrons. The normalized spacial score (nSPS) is 14.0. The summed E-state index contributed by atoms with van der Waals surface area (Å²) >= 11 is 0. The van der Waals surface area contributed by atoms with Crippen LogP contribution in [0.2, 0.25) is 0 Å². The lowest BCUT2D eigenvalue weighted by atomic mass is 10.1. The van der Waals surface area contributed by atoms with Crippen LogP contribution in [0.3, 0.4) is 0 Å². The molecule has 0 radical (unpaired) electrons. The number of hydrogen-bond donors (Lipinski definition) is 2. The molecule has 1 aliphatic rings. The number of amides is 1. The summed E-state index contributed by atoms with van der Waals surface area (Å²) in [6.45, 7) is 4.17. The van der Waals surface area contributed by atoms with Crippen molar-refractivity contribution in [3.63, 3.8) is 0 Å². The molecule has 0 saturated carbocycles. The van der Waals surface area contributed by atoms with Gasteiger partial charge in [-0.2, -0.15) is 0 Å². The molecule has 7 nitrogen and oxygen atoms in total. The highest BCUT2D eigenvalue weighted by molar-refractivity contribution is 5.90. The fourth-order valence-corrected chi connectivity index (χ4v) is 3.08. The molecule has 0 atom stereocenters. The van der Waals surface area contributed by atoms with Gasteiger partial charge in [-0.25, -0.2) is 9.97 Å². The van der Waals surface area contributed by atoms with E-state index in [-0.39, 0.29) is 5.91 Å². The fraction of sp³-hybridized carbons (Fsp3) is 0.421. The monoisotopic (exact) mass is 355 g/mol. The Bertz CT molecular complexity index is 759. The standard InChI is InChI=1S/C19H25N5O2/c1-14(25)23-16-10-15(6-7-17(16)26-2)12-20-18-11-19(22-13-21-18)24-8-4-3-5-9-24/h6-7,10-11,13H,3-5,8-9,12H2,1-2H3,(H,23,25)(H,20,21,22). The lowest BCUT2D eigenvalue weighted by Gasteiger charge is -2.27. The number of ether oxygens (including phenoxy) is 1. The maximum absolute atomic E-state index is 11.4. The third-order valence-electron chi connectivity index (χ3n) is 4.38. The van der Waals surface area contributed by atoms with E-state index in [1.54, 1.807) is 13.4 Å². The number of methoxy groups -OCH3 is 1. The van der Waals surface area contributed by atoms with Crippen LogP contribution < -0.4 is 20.3 Å². The number of rotatable bonds is 6. The number of carbonyl (C=O) groups excluding carboxylic acids is 1. The van der Waals surface area contributed by atoms with Crippen LogP contribution in [0.4, 0.5) is 17.3 Å². The smallest absolute Gasteiger partial charge is 0.221 e. The Balaban J connectivity index is 1.67. The summed E-state index contributed by atoms with van der Waals surface area (Å²) in [5.74, 6) is 2.27. The van der Waals surface area contributed by atoms with E-state index in [4.69, 9.17) is 4.74 Å². The molecule has 2 heterocycles. The summed E-state index contributed by atoms with van der Waals surface area (Å²) in [5.41, 5.74) is 1.68. The Kier molecular flexibility index (Phi) is 5.88. The number of nitrogens with zero attached hydrogens (tertiary/aromatic N) is 3. The molecule has 0 bridgehead atoms. The van der Waals surface area contributed by atoms with Crippen molar-refractivity contribution in [3.8, 4) is 5.75 Å². The molecule has 1 aromatic carbocycles. The minimum atomic E-state index is -0.129. The van der Waals surface area contributed by atoms with Crippen molar-refractivity contribution in [2.75, 3.05) is 35.7 Å². The Hall–Kier alpha value is -2.83. The second-order valence-electron chi connectivity index (χ2n) is 6.38. The molecule has 2 aromatic rings. The van der Waals surface area contributed by atoms with E-state index < -0.39 is 0 Å². The summed E-state index contributed by atoms with van der Waals surface area (Å²) in [6, 6.07) is 7.70. The third-order valence-corrected chi connectivity index (χ3v) is 4.38. The van der Waals surface area contributed by atoms with E-state index in [0.717, 1.165) is 30.3 Å². The Morgan fingerprint density at radius 3 is 2.73 bits per heavy atom.